The van der Waals surface area contributed by atoms with Gasteiger partial charge in [-0.1, -0.05) is 12.8 Å². The minimum Gasteiger partial charge on any atom is -0.365 e. The molecule has 94 valence electrons. The predicted octanol–water partition coefficient (Wildman–Crippen LogP) is 2.55. The number of hydrogen-bond donors (Lipinski definition) is 1. The van der Waals surface area contributed by atoms with Gasteiger partial charge in [0.1, 0.15) is 11.2 Å². The van der Waals surface area contributed by atoms with E-state index >= 15 is 0 Å². The molecule has 1 saturated carbocycles. The molecule has 0 atom stereocenters. The molecule has 5 nitrogen and oxygen atoms in total. The zero-order chi connectivity index (χ0) is 12.5. The lowest BCUT2D eigenvalue weighted by Gasteiger charge is -2.13. The van der Waals surface area contributed by atoms with Crippen molar-refractivity contribution in [1.82, 2.24) is 14.6 Å². The van der Waals surface area contributed by atoms with Gasteiger partial charge in [-0.2, -0.15) is 4.98 Å². The summed E-state index contributed by atoms with van der Waals surface area (Å²) in [4.78, 5) is 15.1. The van der Waals surface area contributed by atoms with Crippen LogP contribution in [0.5, 0.6) is 0 Å². The molecular weight excluding hydrogens is 252 g/mol. The van der Waals surface area contributed by atoms with Crippen LogP contribution in [0.4, 0.5) is 5.82 Å². The first-order valence-corrected chi connectivity index (χ1v) is 6.43. The molecule has 2 heterocycles. The summed E-state index contributed by atoms with van der Waals surface area (Å²) in [7, 11) is 0. The maximum atomic E-state index is 10.9. The Bertz CT molecular complexity index is 589. The Balaban J connectivity index is 2.04. The second-order valence-corrected chi connectivity index (χ2v) is 4.87. The number of halogens is 1. The van der Waals surface area contributed by atoms with E-state index in [0.29, 0.717) is 17.6 Å². The fraction of sp³-hybridized carbons (Fsp3) is 0.417. The number of carbonyl (C=O) groups is 1. The molecule has 2 aromatic heterocycles. The Morgan fingerprint density at radius 1 is 1.39 bits per heavy atom. The summed E-state index contributed by atoms with van der Waals surface area (Å²) in [6, 6.07) is 3.99. The van der Waals surface area contributed by atoms with Gasteiger partial charge in [-0.15, -0.1) is 5.10 Å². The Labute approximate surface area is 109 Å². The van der Waals surface area contributed by atoms with Crippen molar-refractivity contribution in [3.05, 3.63) is 23.1 Å². The lowest BCUT2D eigenvalue weighted by molar-refractivity contribution is 0.111. The lowest BCUT2D eigenvalue weighted by atomic mass is 10.2. The first kappa shape index (κ1) is 11.5. The second kappa shape index (κ2) is 4.57. The van der Waals surface area contributed by atoms with Crippen molar-refractivity contribution in [2.24, 2.45) is 0 Å². The van der Waals surface area contributed by atoms with Gasteiger partial charge >= 0.3 is 0 Å². The molecule has 0 spiro atoms. The van der Waals surface area contributed by atoms with Crippen LogP contribution in [0.25, 0.3) is 5.52 Å². The molecular formula is C12H13ClN4O. The number of carbonyl (C=O) groups excluding carboxylic acids is 1. The van der Waals surface area contributed by atoms with Crippen LogP contribution in [0, 0.1) is 0 Å². The molecule has 0 unspecified atom stereocenters. The van der Waals surface area contributed by atoms with E-state index in [0.717, 1.165) is 24.6 Å². The Kier molecular flexibility index (Phi) is 2.91. The van der Waals surface area contributed by atoms with Crippen LogP contribution >= 0.6 is 11.6 Å². The maximum absolute atomic E-state index is 10.9. The molecule has 1 N–H and O–H groups in total. The van der Waals surface area contributed by atoms with E-state index in [9.17, 15) is 4.79 Å². The molecule has 0 saturated heterocycles. The molecule has 0 bridgehead atoms. The molecule has 2 aromatic rings. The van der Waals surface area contributed by atoms with Crippen LogP contribution in [0.2, 0.25) is 5.28 Å². The summed E-state index contributed by atoms with van der Waals surface area (Å²) in [5.41, 5.74) is 1.26. The summed E-state index contributed by atoms with van der Waals surface area (Å²) in [5.74, 6) is 0.704. The van der Waals surface area contributed by atoms with Crippen molar-refractivity contribution in [3.8, 4) is 0 Å². The van der Waals surface area contributed by atoms with Gasteiger partial charge in [0.05, 0.1) is 0 Å². The van der Waals surface area contributed by atoms with Crippen molar-refractivity contribution in [1.29, 1.82) is 0 Å². The fourth-order valence-corrected chi connectivity index (χ4v) is 2.61. The molecule has 0 aliphatic heterocycles. The molecule has 6 heteroatoms. The lowest BCUT2D eigenvalue weighted by Crippen LogP contribution is -2.17. The number of anilines is 1. The summed E-state index contributed by atoms with van der Waals surface area (Å²) in [6.07, 6.45) is 5.54. The molecule has 0 radical (unpaired) electrons. The van der Waals surface area contributed by atoms with Crippen LogP contribution in [0.3, 0.4) is 0 Å². The van der Waals surface area contributed by atoms with Gasteiger partial charge in [0.25, 0.3) is 0 Å². The minimum absolute atomic E-state index is 0.141. The van der Waals surface area contributed by atoms with Crippen molar-refractivity contribution in [2.45, 2.75) is 31.7 Å². The fourth-order valence-electron chi connectivity index (χ4n) is 2.45. The molecule has 1 aliphatic rings. The normalized spacial score (nSPS) is 16.3. The highest BCUT2D eigenvalue weighted by Gasteiger charge is 2.18. The average Bonchev–Trinajstić information content (AvgIpc) is 2.97. The van der Waals surface area contributed by atoms with E-state index in [1.165, 1.54) is 17.4 Å². The van der Waals surface area contributed by atoms with Gasteiger partial charge in [-0.05, 0) is 36.6 Å². The van der Waals surface area contributed by atoms with Crippen LogP contribution in [-0.4, -0.2) is 26.9 Å². The first-order chi connectivity index (χ1) is 8.78. The van der Waals surface area contributed by atoms with Crippen LogP contribution in [0.1, 0.15) is 36.2 Å². The third-order valence-corrected chi connectivity index (χ3v) is 3.49. The number of fused-ring (bicyclic) bond motifs is 1. The molecule has 1 fully saturated rings. The van der Waals surface area contributed by atoms with Gasteiger partial charge in [-0.25, -0.2) is 4.52 Å². The Hall–Kier alpha value is -1.62. The highest BCUT2D eigenvalue weighted by Crippen LogP contribution is 2.25. The number of nitrogens with zero attached hydrogens (tertiary/aromatic N) is 3. The summed E-state index contributed by atoms with van der Waals surface area (Å²) in [6.45, 7) is 0. The van der Waals surface area contributed by atoms with Crippen molar-refractivity contribution >= 4 is 29.2 Å². The zero-order valence-corrected chi connectivity index (χ0v) is 10.5. The summed E-state index contributed by atoms with van der Waals surface area (Å²) >= 11 is 5.90. The van der Waals surface area contributed by atoms with E-state index in [-0.39, 0.29) is 5.28 Å². The predicted molar refractivity (Wildman–Crippen MR) is 69.3 cm³/mol. The molecule has 3 rings (SSSR count). The third kappa shape index (κ3) is 1.95. The SMILES string of the molecule is O=Cc1ccc2c(NC3CCCC3)nc(Cl)nn12. The van der Waals surface area contributed by atoms with Gasteiger partial charge in [0, 0.05) is 6.04 Å². The van der Waals surface area contributed by atoms with E-state index in [4.69, 9.17) is 11.6 Å². The zero-order valence-electron chi connectivity index (χ0n) is 9.77. The smallest absolute Gasteiger partial charge is 0.243 e. The number of rotatable bonds is 3. The number of nitrogens with one attached hydrogen (secondary N) is 1. The molecule has 18 heavy (non-hydrogen) atoms. The first-order valence-electron chi connectivity index (χ1n) is 6.05. The van der Waals surface area contributed by atoms with Crippen molar-refractivity contribution in [3.63, 3.8) is 0 Å². The molecule has 0 aromatic carbocycles. The van der Waals surface area contributed by atoms with Gasteiger partial charge in [0.15, 0.2) is 12.1 Å². The Morgan fingerprint density at radius 2 is 2.17 bits per heavy atom. The quantitative estimate of drug-likeness (QED) is 0.866. The number of hydrogen-bond acceptors (Lipinski definition) is 4. The van der Waals surface area contributed by atoms with Gasteiger partial charge in [-0.3, -0.25) is 4.79 Å². The van der Waals surface area contributed by atoms with E-state index < -0.39 is 0 Å². The van der Waals surface area contributed by atoms with Gasteiger partial charge in [0.2, 0.25) is 5.28 Å². The minimum atomic E-state index is 0.141. The molecule has 1 aliphatic carbocycles. The highest BCUT2D eigenvalue weighted by atomic mass is 35.5. The number of aromatic nitrogens is 3. The monoisotopic (exact) mass is 264 g/mol. The number of aldehydes is 1. The average molecular weight is 265 g/mol. The molecule has 0 amide bonds. The van der Waals surface area contributed by atoms with Crippen LogP contribution in [0.15, 0.2) is 12.1 Å². The van der Waals surface area contributed by atoms with E-state index in [1.807, 2.05) is 6.07 Å². The third-order valence-electron chi connectivity index (χ3n) is 3.33. The van der Waals surface area contributed by atoms with E-state index in [2.05, 4.69) is 15.4 Å². The van der Waals surface area contributed by atoms with Gasteiger partial charge < -0.3 is 5.32 Å². The second-order valence-electron chi connectivity index (χ2n) is 4.53. The highest BCUT2D eigenvalue weighted by molar-refractivity contribution is 6.28. The largest absolute Gasteiger partial charge is 0.365 e. The Morgan fingerprint density at radius 3 is 2.89 bits per heavy atom. The standard InChI is InChI=1S/C12H13ClN4O/c13-12-15-11(14-8-3-1-2-4-8)10-6-5-9(7-18)17(10)16-12/h5-8H,1-4H2,(H,14,15,16). The van der Waals surface area contributed by atoms with Crippen LogP contribution in [-0.2, 0) is 0 Å². The van der Waals surface area contributed by atoms with E-state index in [1.54, 1.807) is 6.07 Å². The maximum Gasteiger partial charge on any atom is 0.243 e. The summed E-state index contributed by atoms with van der Waals surface area (Å²) in [5, 5.41) is 7.57. The van der Waals surface area contributed by atoms with Crippen molar-refractivity contribution < 1.29 is 4.79 Å². The topological polar surface area (TPSA) is 59.3 Å². The summed E-state index contributed by atoms with van der Waals surface area (Å²) < 4.78 is 1.53. The van der Waals surface area contributed by atoms with Crippen LogP contribution < -0.4 is 5.32 Å². The van der Waals surface area contributed by atoms with Crippen molar-refractivity contribution in [2.75, 3.05) is 5.32 Å².